The molecule has 26 heavy (non-hydrogen) atoms. The van der Waals surface area contributed by atoms with Crippen LogP contribution in [0.5, 0.6) is 11.5 Å². The molecule has 0 spiro atoms. The van der Waals surface area contributed by atoms with Gasteiger partial charge in [0.15, 0.2) is 6.10 Å². The molecule has 0 bridgehead atoms. The molecule has 0 aliphatic carbocycles. The highest BCUT2D eigenvalue weighted by molar-refractivity contribution is 5.99. The quantitative estimate of drug-likeness (QED) is 0.908. The van der Waals surface area contributed by atoms with Crippen molar-refractivity contribution in [3.05, 3.63) is 48.5 Å². The van der Waals surface area contributed by atoms with Crippen molar-refractivity contribution in [3.8, 4) is 11.5 Å². The minimum atomic E-state index is -2.91. The second-order valence-electron chi connectivity index (χ2n) is 5.60. The van der Waals surface area contributed by atoms with Crippen LogP contribution in [0, 0.1) is 0 Å². The number of alkyl halides is 2. The van der Waals surface area contributed by atoms with Crippen molar-refractivity contribution in [1.29, 1.82) is 0 Å². The van der Waals surface area contributed by atoms with Crippen molar-refractivity contribution < 1.29 is 27.8 Å². The number of carbonyl (C=O) groups excluding carboxylic acids is 2. The van der Waals surface area contributed by atoms with E-state index in [1.165, 1.54) is 36.1 Å². The van der Waals surface area contributed by atoms with E-state index in [1.807, 2.05) is 0 Å². The minimum absolute atomic E-state index is 0.0106. The van der Waals surface area contributed by atoms with E-state index in [1.54, 1.807) is 24.3 Å². The lowest BCUT2D eigenvalue weighted by atomic mass is 10.1. The summed E-state index contributed by atoms with van der Waals surface area (Å²) in [6.07, 6.45) is -0.897. The molecule has 8 heteroatoms. The van der Waals surface area contributed by atoms with E-state index in [4.69, 9.17) is 4.74 Å². The van der Waals surface area contributed by atoms with E-state index < -0.39 is 18.6 Å². The summed E-state index contributed by atoms with van der Waals surface area (Å²) in [7, 11) is 0. The van der Waals surface area contributed by atoms with E-state index in [9.17, 15) is 18.4 Å². The number of amides is 2. The fourth-order valence-corrected chi connectivity index (χ4v) is 2.61. The molecule has 2 aromatic rings. The van der Waals surface area contributed by atoms with Crippen LogP contribution in [0.25, 0.3) is 0 Å². The van der Waals surface area contributed by atoms with Crippen molar-refractivity contribution in [2.75, 3.05) is 16.8 Å². The number of nitrogens with zero attached hydrogens (tertiary/aromatic N) is 1. The summed E-state index contributed by atoms with van der Waals surface area (Å²) in [4.78, 5) is 25.8. The molecule has 0 saturated heterocycles. The Bertz CT molecular complexity index is 811. The molecule has 1 unspecified atom stereocenters. The monoisotopic (exact) mass is 362 g/mol. The van der Waals surface area contributed by atoms with E-state index in [0.29, 0.717) is 17.1 Å². The second kappa shape index (κ2) is 7.38. The third kappa shape index (κ3) is 3.90. The van der Waals surface area contributed by atoms with Crippen LogP contribution < -0.4 is 19.7 Å². The SMILES string of the molecule is CC(=O)N1CC(C(=O)Nc2ccc(OC(F)F)cc2)Oc2ccccc21. The molecule has 2 amide bonds. The zero-order chi connectivity index (χ0) is 18.7. The van der Waals surface area contributed by atoms with Crippen molar-refractivity contribution in [2.45, 2.75) is 19.6 Å². The van der Waals surface area contributed by atoms with Crippen LogP contribution in [0.4, 0.5) is 20.2 Å². The maximum absolute atomic E-state index is 12.5. The van der Waals surface area contributed by atoms with Gasteiger partial charge < -0.3 is 19.7 Å². The van der Waals surface area contributed by atoms with Crippen LogP contribution in [0.15, 0.2) is 48.5 Å². The van der Waals surface area contributed by atoms with E-state index in [-0.39, 0.29) is 18.2 Å². The number of anilines is 2. The fraction of sp³-hybridized carbons (Fsp3) is 0.222. The van der Waals surface area contributed by atoms with Crippen LogP contribution in [0.1, 0.15) is 6.92 Å². The summed E-state index contributed by atoms with van der Waals surface area (Å²) < 4.78 is 34.3. The third-order valence-electron chi connectivity index (χ3n) is 3.79. The van der Waals surface area contributed by atoms with Crippen LogP contribution in [0.3, 0.4) is 0 Å². The normalized spacial score (nSPS) is 15.8. The number of nitrogens with one attached hydrogen (secondary N) is 1. The number of ether oxygens (including phenoxy) is 2. The molecule has 0 fully saturated rings. The predicted octanol–water partition coefficient (Wildman–Crippen LogP) is 3.04. The molecule has 0 saturated carbocycles. The zero-order valence-corrected chi connectivity index (χ0v) is 13.8. The van der Waals surface area contributed by atoms with Crippen LogP contribution in [0.2, 0.25) is 0 Å². The Morgan fingerprint density at radius 2 is 1.88 bits per heavy atom. The molecule has 1 N–H and O–H groups in total. The molecule has 0 radical (unpaired) electrons. The lowest BCUT2D eigenvalue weighted by Crippen LogP contribution is -2.48. The van der Waals surface area contributed by atoms with Crippen molar-refractivity contribution >= 4 is 23.2 Å². The van der Waals surface area contributed by atoms with Crippen LogP contribution >= 0.6 is 0 Å². The van der Waals surface area contributed by atoms with Gasteiger partial charge in [-0.25, -0.2) is 0 Å². The fourth-order valence-electron chi connectivity index (χ4n) is 2.61. The first-order valence-corrected chi connectivity index (χ1v) is 7.83. The van der Waals surface area contributed by atoms with Crippen molar-refractivity contribution in [2.24, 2.45) is 0 Å². The van der Waals surface area contributed by atoms with Gasteiger partial charge in [0.1, 0.15) is 11.5 Å². The van der Waals surface area contributed by atoms with Gasteiger partial charge in [0.2, 0.25) is 5.91 Å². The third-order valence-corrected chi connectivity index (χ3v) is 3.79. The average Bonchev–Trinajstić information content (AvgIpc) is 2.61. The Balaban J connectivity index is 1.71. The van der Waals surface area contributed by atoms with Crippen molar-refractivity contribution in [1.82, 2.24) is 0 Å². The molecular formula is C18H16F2N2O4. The molecule has 6 nitrogen and oxygen atoms in total. The number of hydrogen-bond acceptors (Lipinski definition) is 4. The van der Waals surface area contributed by atoms with Gasteiger partial charge in [-0.15, -0.1) is 0 Å². The van der Waals surface area contributed by atoms with E-state index >= 15 is 0 Å². The molecule has 136 valence electrons. The Morgan fingerprint density at radius 1 is 1.19 bits per heavy atom. The number of benzene rings is 2. The van der Waals surface area contributed by atoms with Gasteiger partial charge in [0, 0.05) is 12.6 Å². The first-order chi connectivity index (χ1) is 12.4. The van der Waals surface area contributed by atoms with Gasteiger partial charge in [0.05, 0.1) is 12.2 Å². The van der Waals surface area contributed by atoms with Gasteiger partial charge >= 0.3 is 6.61 Å². The molecular weight excluding hydrogens is 346 g/mol. The number of fused-ring (bicyclic) bond motifs is 1. The molecule has 1 atom stereocenters. The highest BCUT2D eigenvalue weighted by Crippen LogP contribution is 2.33. The first kappa shape index (κ1) is 17.7. The summed E-state index contributed by atoms with van der Waals surface area (Å²) in [5, 5.41) is 2.64. The highest BCUT2D eigenvalue weighted by atomic mass is 19.3. The van der Waals surface area contributed by atoms with Gasteiger partial charge in [-0.2, -0.15) is 8.78 Å². The Kier molecular flexibility index (Phi) is 5.01. The lowest BCUT2D eigenvalue weighted by molar-refractivity contribution is -0.123. The molecule has 1 aliphatic rings. The molecule has 2 aromatic carbocycles. The Morgan fingerprint density at radius 3 is 2.54 bits per heavy atom. The number of rotatable bonds is 4. The van der Waals surface area contributed by atoms with Crippen LogP contribution in [-0.4, -0.2) is 31.1 Å². The summed E-state index contributed by atoms with van der Waals surface area (Å²) >= 11 is 0. The smallest absolute Gasteiger partial charge is 0.387 e. The summed E-state index contributed by atoms with van der Waals surface area (Å²) in [6.45, 7) is -1.42. The zero-order valence-electron chi connectivity index (χ0n) is 13.8. The maximum Gasteiger partial charge on any atom is 0.387 e. The minimum Gasteiger partial charge on any atom is -0.476 e. The molecule has 0 aromatic heterocycles. The van der Waals surface area contributed by atoms with Gasteiger partial charge in [0.25, 0.3) is 5.91 Å². The first-order valence-electron chi connectivity index (χ1n) is 7.83. The van der Waals surface area contributed by atoms with E-state index in [2.05, 4.69) is 10.1 Å². The van der Waals surface area contributed by atoms with Gasteiger partial charge in [-0.05, 0) is 36.4 Å². The topological polar surface area (TPSA) is 67.9 Å². The van der Waals surface area contributed by atoms with Gasteiger partial charge in [-0.3, -0.25) is 9.59 Å². The maximum atomic E-state index is 12.5. The number of halogens is 2. The predicted molar refractivity (Wildman–Crippen MR) is 90.6 cm³/mol. The average molecular weight is 362 g/mol. The lowest BCUT2D eigenvalue weighted by Gasteiger charge is -2.33. The largest absolute Gasteiger partial charge is 0.476 e. The highest BCUT2D eigenvalue weighted by Gasteiger charge is 2.32. The number of para-hydroxylation sites is 2. The van der Waals surface area contributed by atoms with Gasteiger partial charge in [-0.1, -0.05) is 12.1 Å². The summed E-state index contributed by atoms with van der Waals surface area (Å²) in [5.74, 6) is -0.223. The molecule has 1 heterocycles. The Labute approximate surface area is 148 Å². The number of hydrogen-bond donors (Lipinski definition) is 1. The second-order valence-corrected chi connectivity index (χ2v) is 5.60. The van der Waals surface area contributed by atoms with E-state index in [0.717, 1.165) is 0 Å². The van der Waals surface area contributed by atoms with Crippen molar-refractivity contribution in [3.63, 3.8) is 0 Å². The molecule has 3 rings (SSSR count). The standard InChI is InChI=1S/C18H16F2N2O4/c1-11(23)22-10-16(26-15-5-3-2-4-14(15)22)17(24)21-12-6-8-13(9-7-12)25-18(19)20/h2-9,16,18H,10H2,1H3,(H,21,24). The summed E-state index contributed by atoms with van der Waals surface area (Å²) in [5.41, 5.74) is 1.01. The molecule has 1 aliphatic heterocycles. The number of carbonyl (C=O) groups is 2. The Hall–Kier alpha value is -3.16. The summed E-state index contributed by atoms with van der Waals surface area (Å²) in [6, 6.07) is 12.5. The van der Waals surface area contributed by atoms with Crippen LogP contribution in [-0.2, 0) is 9.59 Å².